The molecule has 3 N–H and O–H groups in total. The van der Waals surface area contributed by atoms with Crippen molar-refractivity contribution < 1.29 is 19.5 Å². The molecule has 0 aromatic heterocycles. The normalized spacial score (nSPS) is 11.6. The van der Waals surface area contributed by atoms with Crippen molar-refractivity contribution in [1.82, 2.24) is 10.2 Å². The molecule has 7 heteroatoms. The summed E-state index contributed by atoms with van der Waals surface area (Å²) in [6.07, 6.45) is 1.18. The molecule has 1 atom stereocenters. The van der Waals surface area contributed by atoms with Crippen LogP contribution in [0.5, 0.6) is 0 Å². The molecule has 0 fully saturated rings. The third-order valence-corrected chi connectivity index (χ3v) is 3.85. The average Bonchev–Trinajstić information content (AvgIpc) is 2.60. The van der Waals surface area contributed by atoms with Gasteiger partial charge >= 0.3 is 5.97 Å². The highest BCUT2D eigenvalue weighted by molar-refractivity contribution is 5.96. The lowest BCUT2D eigenvalue weighted by Gasteiger charge is -2.18. The van der Waals surface area contributed by atoms with Gasteiger partial charge in [0.25, 0.3) is 5.91 Å². The van der Waals surface area contributed by atoms with Crippen molar-refractivity contribution >= 4 is 23.5 Å². The second kappa shape index (κ2) is 10.5. The fourth-order valence-electron chi connectivity index (χ4n) is 2.41. The Kier molecular flexibility index (Phi) is 8.63. The van der Waals surface area contributed by atoms with E-state index in [1.165, 1.54) is 0 Å². The lowest BCUT2D eigenvalue weighted by molar-refractivity contribution is -0.139. The van der Waals surface area contributed by atoms with Crippen LogP contribution in [0.3, 0.4) is 0 Å². The molecule has 0 saturated heterocycles. The second-order valence-electron chi connectivity index (χ2n) is 5.66. The van der Waals surface area contributed by atoms with Crippen LogP contribution in [0, 0.1) is 0 Å². The van der Waals surface area contributed by atoms with Gasteiger partial charge in [0.05, 0.1) is 6.54 Å². The number of carbonyl (C=O) groups excluding carboxylic acids is 2. The van der Waals surface area contributed by atoms with Crippen LogP contribution in [0.4, 0.5) is 5.69 Å². The van der Waals surface area contributed by atoms with E-state index in [1.54, 1.807) is 29.2 Å². The summed E-state index contributed by atoms with van der Waals surface area (Å²) < 4.78 is 0. The van der Waals surface area contributed by atoms with Crippen LogP contribution in [-0.4, -0.2) is 53.5 Å². The Balaban J connectivity index is 2.58. The number of amides is 2. The highest BCUT2D eigenvalue weighted by Gasteiger charge is 2.17. The number of aliphatic carboxylic acids is 1. The molecule has 0 aliphatic heterocycles. The number of carboxylic acids is 1. The predicted molar refractivity (Wildman–Crippen MR) is 96.7 cm³/mol. The average molecular weight is 349 g/mol. The maximum Gasteiger partial charge on any atom is 0.320 e. The number of hydrogen-bond donors (Lipinski definition) is 3. The zero-order valence-corrected chi connectivity index (χ0v) is 15.0. The summed E-state index contributed by atoms with van der Waals surface area (Å²) in [5, 5.41) is 14.5. The second-order valence-corrected chi connectivity index (χ2v) is 5.66. The number of carboxylic acid groups (broad SMARTS) is 1. The SMILES string of the molecule is CCCC(NCC(=O)Nc1ccc(C(=O)N(CC)CC)cc1)C(=O)O. The van der Waals surface area contributed by atoms with Gasteiger partial charge in [-0.25, -0.2) is 0 Å². The fourth-order valence-corrected chi connectivity index (χ4v) is 2.41. The number of carbonyl (C=O) groups is 3. The largest absolute Gasteiger partial charge is 0.480 e. The molecule has 0 aliphatic carbocycles. The van der Waals surface area contributed by atoms with Crippen molar-refractivity contribution in [2.75, 3.05) is 25.0 Å². The van der Waals surface area contributed by atoms with Crippen LogP contribution in [0.1, 0.15) is 44.0 Å². The van der Waals surface area contributed by atoms with E-state index in [4.69, 9.17) is 5.11 Å². The lowest BCUT2D eigenvalue weighted by atomic mass is 10.1. The van der Waals surface area contributed by atoms with Crippen LogP contribution in [0.2, 0.25) is 0 Å². The van der Waals surface area contributed by atoms with E-state index in [9.17, 15) is 14.4 Å². The monoisotopic (exact) mass is 349 g/mol. The zero-order chi connectivity index (χ0) is 18.8. The van der Waals surface area contributed by atoms with E-state index < -0.39 is 12.0 Å². The Morgan fingerprint density at radius 2 is 1.68 bits per heavy atom. The molecule has 1 aromatic carbocycles. The molecule has 1 unspecified atom stereocenters. The van der Waals surface area contributed by atoms with E-state index in [0.29, 0.717) is 37.2 Å². The summed E-state index contributed by atoms with van der Waals surface area (Å²) in [6, 6.07) is 5.93. The van der Waals surface area contributed by atoms with Gasteiger partial charge in [0, 0.05) is 24.3 Å². The quantitative estimate of drug-likeness (QED) is 0.600. The van der Waals surface area contributed by atoms with E-state index in [-0.39, 0.29) is 18.4 Å². The van der Waals surface area contributed by atoms with Crippen LogP contribution >= 0.6 is 0 Å². The van der Waals surface area contributed by atoms with E-state index in [1.807, 2.05) is 20.8 Å². The first kappa shape index (κ1) is 20.6. The molecule has 0 bridgehead atoms. The maximum atomic E-state index is 12.2. The Morgan fingerprint density at radius 1 is 1.08 bits per heavy atom. The minimum absolute atomic E-state index is 0.0478. The van der Waals surface area contributed by atoms with Crippen LogP contribution < -0.4 is 10.6 Å². The van der Waals surface area contributed by atoms with Crippen LogP contribution in [0.25, 0.3) is 0 Å². The zero-order valence-electron chi connectivity index (χ0n) is 15.0. The van der Waals surface area contributed by atoms with Gasteiger partial charge in [0.2, 0.25) is 5.91 Å². The molecular formula is C18H27N3O4. The van der Waals surface area contributed by atoms with Gasteiger partial charge in [-0.05, 0) is 44.5 Å². The number of nitrogens with one attached hydrogen (secondary N) is 2. The number of nitrogens with zero attached hydrogens (tertiary/aromatic N) is 1. The maximum absolute atomic E-state index is 12.2. The standard InChI is InChI=1S/C18H27N3O4/c1-4-7-15(18(24)25)19-12-16(22)20-14-10-8-13(9-11-14)17(23)21(5-2)6-3/h8-11,15,19H,4-7,12H2,1-3H3,(H,20,22)(H,24,25). The molecule has 1 aromatic rings. The van der Waals surface area contributed by atoms with Crippen molar-refractivity contribution in [3.8, 4) is 0 Å². The molecule has 7 nitrogen and oxygen atoms in total. The lowest BCUT2D eigenvalue weighted by Crippen LogP contribution is -2.41. The van der Waals surface area contributed by atoms with E-state index in [2.05, 4.69) is 10.6 Å². The molecule has 0 saturated carbocycles. The van der Waals surface area contributed by atoms with Crippen molar-refractivity contribution in [1.29, 1.82) is 0 Å². The third-order valence-electron chi connectivity index (χ3n) is 3.85. The molecule has 25 heavy (non-hydrogen) atoms. The van der Waals surface area contributed by atoms with Gasteiger partial charge in [-0.3, -0.25) is 19.7 Å². The minimum Gasteiger partial charge on any atom is -0.480 e. The molecule has 2 amide bonds. The summed E-state index contributed by atoms with van der Waals surface area (Å²) in [4.78, 5) is 36.9. The first-order chi connectivity index (χ1) is 11.9. The first-order valence-corrected chi connectivity index (χ1v) is 8.58. The van der Waals surface area contributed by atoms with E-state index in [0.717, 1.165) is 0 Å². The van der Waals surface area contributed by atoms with Gasteiger partial charge < -0.3 is 15.3 Å². The summed E-state index contributed by atoms with van der Waals surface area (Å²) in [7, 11) is 0. The number of hydrogen-bond acceptors (Lipinski definition) is 4. The molecule has 1 rings (SSSR count). The minimum atomic E-state index is -0.964. The van der Waals surface area contributed by atoms with Crippen LogP contribution in [-0.2, 0) is 9.59 Å². The molecule has 0 heterocycles. The molecular weight excluding hydrogens is 322 g/mol. The number of benzene rings is 1. The van der Waals surface area contributed by atoms with Crippen molar-refractivity contribution in [3.05, 3.63) is 29.8 Å². The Labute approximate surface area is 148 Å². The predicted octanol–water partition coefficient (Wildman–Crippen LogP) is 1.95. The van der Waals surface area contributed by atoms with Gasteiger partial charge in [0.15, 0.2) is 0 Å². The third kappa shape index (κ3) is 6.54. The molecule has 0 radical (unpaired) electrons. The van der Waals surface area contributed by atoms with E-state index >= 15 is 0 Å². The summed E-state index contributed by atoms with van der Waals surface area (Å²) in [6.45, 7) is 6.93. The van der Waals surface area contributed by atoms with Crippen molar-refractivity contribution in [3.63, 3.8) is 0 Å². The fraction of sp³-hybridized carbons (Fsp3) is 0.500. The van der Waals surface area contributed by atoms with Gasteiger partial charge in [0.1, 0.15) is 6.04 Å². The van der Waals surface area contributed by atoms with Gasteiger partial charge in [-0.15, -0.1) is 0 Å². The van der Waals surface area contributed by atoms with Gasteiger partial charge in [-0.2, -0.15) is 0 Å². The first-order valence-electron chi connectivity index (χ1n) is 8.58. The molecule has 138 valence electrons. The Bertz CT molecular complexity index is 582. The molecule has 0 aliphatic rings. The Hall–Kier alpha value is -2.41. The molecule has 0 spiro atoms. The highest BCUT2D eigenvalue weighted by Crippen LogP contribution is 2.11. The highest BCUT2D eigenvalue weighted by atomic mass is 16.4. The van der Waals surface area contributed by atoms with Gasteiger partial charge in [-0.1, -0.05) is 13.3 Å². The number of anilines is 1. The van der Waals surface area contributed by atoms with Crippen molar-refractivity contribution in [2.45, 2.75) is 39.7 Å². The topological polar surface area (TPSA) is 98.7 Å². The summed E-state index contributed by atoms with van der Waals surface area (Å²) in [5.74, 6) is -1.34. The number of rotatable bonds is 10. The van der Waals surface area contributed by atoms with Crippen molar-refractivity contribution in [2.24, 2.45) is 0 Å². The summed E-state index contributed by atoms with van der Waals surface area (Å²) >= 11 is 0. The summed E-state index contributed by atoms with van der Waals surface area (Å²) in [5.41, 5.74) is 1.12. The Morgan fingerprint density at radius 3 is 2.16 bits per heavy atom. The van der Waals surface area contributed by atoms with Crippen LogP contribution in [0.15, 0.2) is 24.3 Å². The smallest absolute Gasteiger partial charge is 0.320 e.